The SMILES string of the molecule is CCCC[C@@H]1CCCC[C@H](C)[C@@H](OC(N)=O)c2cc(O)c(c(O)c2)[C@H](CCCC(Cl)Cl)CCCC[C@H](C)[C@@H](OC(N)=O)c2cc(O)c1c(O)c2. The number of hydrogen-bond donors (Lipinski definition) is 6. The number of alkyl halides is 2. The number of halogens is 2. The molecule has 4 aliphatic rings. The number of hydrogen-bond acceptors (Lipinski definition) is 8. The number of carbonyl (C=O) groups excluding carboxylic acids is 2. The Kier molecular flexibility index (Phi) is 16.4. The molecule has 0 saturated heterocycles. The zero-order chi connectivity index (χ0) is 37.0. The molecule has 2 aromatic carbocycles. The molecule has 50 heavy (non-hydrogen) atoms. The third-order valence-corrected chi connectivity index (χ3v) is 10.6. The molecular weight excluding hydrogens is 683 g/mol. The van der Waals surface area contributed by atoms with E-state index in [1.165, 1.54) is 0 Å². The van der Waals surface area contributed by atoms with Gasteiger partial charge < -0.3 is 41.4 Å². The second kappa shape index (κ2) is 20.0. The van der Waals surface area contributed by atoms with Crippen molar-refractivity contribution >= 4 is 35.4 Å². The Morgan fingerprint density at radius 2 is 1.06 bits per heavy atom. The van der Waals surface area contributed by atoms with Crippen molar-refractivity contribution in [3.05, 3.63) is 46.5 Å². The van der Waals surface area contributed by atoms with Gasteiger partial charge in [0.15, 0.2) is 0 Å². The van der Waals surface area contributed by atoms with Crippen molar-refractivity contribution in [2.45, 2.75) is 140 Å². The van der Waals surface area contributed by atoms with E-state index in [2.05, 4.69) is 6.92 Å². The van der Waals surface area contributed by atoms with Crippen LogP contribution in [0, 0.1) is 11.8 Å². The molecule has 0 fully saturated rings. The number of aromatic hydroxyl groups is 4. The lowest BCUT2D eigenvalue weighted by Gasteiger charge is -2.28. The van der Waals surface area contributed by atoms with Gasteiger partial charge in [-0.3, -0.25) is 0 Å². The predicted molar refractivity (Wildman–Crippen MR) is 196 cm³/mol. The van der Waals surface area contributed by atoms with E-state index in [9.17, 15) is 30.0 Å². The highest BCUT2D eigenvalue weighted by molar-refractivity contribution is 6.44. The summed E-state index contributed by atoms with van der Waals surface area (Å²) in [4.78, 5) is 23.4. The van der Waals surface area contributed by atoms with Crippen LogP contribution in [-0.2, 0) is 9.47 Å². The van der Waals surface area contributed by atoms with Gasteiger partial charge in [0.1, 0.15) is 40.0 Å². The molecule has 6 atom stereocenters. The van der Waals surface area contributed by atoms with Crippen LogP contribution in [0.2, 0.25) is 0 Å². The maximum atomic E-state index is 12.0. The minimum Gasteiger partial charge on any atom is -0.508 e. The molecule has 0 unspecified atom stereocenters. The topological polar surface area (TPSA) is 186 Å². The quantitative estimate of drug-likeness (QED) is 0.137. The van der Waals surface area contributed by atoms with Gasteiger partial charge in [0.25, 0.3) is 0 Å². The van der Waals surface area contributed by atoms with E-state index in [0.717, 1.165) is 32.1 Å². The molecule has 4 aliphatic carbocycles. The second-order valence-electron chi connectivity index (χ2n) is 14.0. The van der Waals surface area contributed by atoms with E-state index in [1.54, 1.807) is 24.3 Å². The fraction of sp³-hybridized carbons (Fsp3) is 0.632. The van der Waals surface area contributed by atoms with E-state index >= 15 is 0 Å². The molecule has 0 spiro atoms. The molecule has 6 rings (SSSR count). The Labute approximate surface area is 306 Å². The van der Waals surface area contributed by atoms with Gasteiger partial charge in [-0.2, -0.15) is 0 Å². The molecule has 10 nitrogen and oxygen atoms in total. The summed E-state index contributed by atoms with van der Waals surface area (Å²) in [6, 6.07) is 6.24. The summed E-state index contributed by atoms with van der Waals surface area (Å²) >= 11 is 12.0. The minimum absolute atomic E-state index is 0.0431. The van der Waals surface area contributed by atoms with Crippen molar-refractivity contribution < 1.29 is 39.5 Å². The van der Waals surface area contributed by atoms with Crippen LogP contribution in [0.1, 0.15) is 157 Å². The van der Waals surface area contributed by atoms with Crippen LogP contribution >= 0.6 is 23.2 Å². The lowest BCUT2D eigenvalue weighted by atomic mass is 9.83. The van der Waals surface area contributed by atoms with Gasteiger partial charge >= 0.3 is 12.2 Å². The molecular formula is C38H56Cl2N2O8. The Morgan fingerprint density at radius 3 is 1.40 bits per heavy atom. The molecule has 0 aliphatic heterocycles. The monoisotopic (exact) mass is 738 g/mol. The maximum Gasteiger partial charge on any atom is 0.405 e. The third-order valence-electron chi connectivity index (χ3n) is 10.1. The summed E-state index contributed by atoms with van der Waals surface area (Å²) in [6.07, 6.45) is 6.48. The van der Waals surface area contributed by atoms with E-state index in [1.807, 2.05) is 13.8 Å². The molecule has 2 amide bonds. The number of rotatable bonds is 9. The number of primary amides is 2. The van der Waals surface area contributed by atoms with Crippen LogP contribution in [0.5, 0.6) is 23.0 Å². The summed E-state index contributed by atoms with van der Waals surface area (Å²) in [7, 11) is 0. The molecule has 0 radical (unpaired) electrons. The maximum absolute atomic E-state index is 12.0. The smallest absolute Gasteiger partial charge is 0.405 e. The first-order valence-corrected chi connectivity index (χ1v) is 18.9. The standard InChI is InChI=1S/C38H56Cl2N2O8/c1-4-5-13-24-14-8-6-11-22(2)36(50-38(42)48)27-20-30(45)34(31(46)21-27)25(16-10-17-32(39)40)15-9-7-12-23(3)35(49-37(41)47)26-18-28(43)33(24)29(44)19-26/h18-25,32,35-36,43-46H,4-17H2,1-3H3,(H2,41,47)(H2,42,48)/t22-,23-,24+,25-,35+,36+/m0/s1. The van der Waals surface area contributed by atoms with Gasteiger partial charge in [0.2, 0.25) is 0 Å². The van der Waals surface area contributed by atoms with Gasteiger partial charge in [-0.15, -0.1) is 23.2 Å². The first kappa shape index (κ1) is 41.2. The van der Waals surface area contributed by atoms with E-state index in [0.29, 0.717) is 80.0 Å². The van der Waals surface area contributed by atoms with Crippen LogP contribution in [0.4, 0.5) is 9.59 Å². The molecule has 0 aromatic heterocycles. The second-order valence-corrected chi connectivity index (χ2v) is 15.3. The number of phenolic OH excluding ortho intramolecular Hbond substituents is 4. The molecule has 0 saturated carbocycles. The molecule has 0 heterocycles. The van der Waals surface area contributed by atoms with Crippen LogP contribution < -0.4 is 11.5 Å². The zero-order valence-corrected chi connectivity index (χ0v) is 31.1. The Balaban J connectivity index is 2.04. The first-order valence-electron chi connectivity index (χ1n) is 18.0. The number of phenols is 4. The van der Waals surface area contributed by atoms with Crippen molar-refractivity contribution in [2.24, 2.45) is 23.3 Å². The highest BCUT2D eigenvalue weighted by Crippen LogP contribution is 2.46. The number of unbranched alkanes of at least 4 members (excludes halogenated alkanes) is 1. The minimum atomic E-state index is -0.951. The summed E-state index contributed by atoms with van der Waals surface area (Å²) in [5.41, 5.74) is 12.7. The Bertz CT molecular complexity index is 1360. The predicted octanol–water partition coefficient (Wildman–Crippen LogP) is 10.2. The lowest BCUT2D eigenvalue weighted by molar-refractivity contribution is 0.0683. The van der Waals surface area contributed by atoms with Gasteiger partial charge in [0, 0.05) is 22.3 Å². The fourth-order valence-corrected chi connectivity index (χ4v) is 7.89. The highest BCUT2D eigenvalue weighted by atomic mass is 35.5. The van der Waals surface area contributed by atoms with Crippen LogP contribution in [0.3, 0.4) is 0 Å². The summed E-state index contributed by atoms with van der Waals surface area (Å²) < 4.78 is 11.1. The van der Waals surface area contributed by atoms with Crippen LogP contribution in [0.25, 0.3) is 0 Å². The first-order chi connectivity index (χ1) is 23.7. The average molecular weight is 740 g/mol. The van der Waals surface area contributed by atoms with Gasteiger partial charge in [-0.1, -0.05) is 65.7 Å². The van der Waals surface area contributed by atoms with Gasteiger partial charge in [0.05, 0.1) is 0 Å². The molecule has 2 aromatic rings. The lowest BCUT2D eigenvalue weighted by Crippen LogP contribution is -2.22. The van der Waals surface area contributed by atoms with Gasteiger partial charge in [-0.05, 0) is 92.9 Å². The van der Waals surface area contributed by atoms with Crippen molar-refractivity contribution in [3.63, 3.8) is 0 Å². The largest absolute Gasteiger partial charge is 0.508 e. The van der Waals surface area contributed by atoms with E-state index in [4.69, 9.17) is 44.1 Å². The van der Waals surface area contributed by atoms with Crippen LogP contribution in [0.15, 0.2) is 24.3 Å². The number of amides is 2. The summed E-state index contributed by atoms with van der Waals surface area (Å²) in [5.74, 6) is -1.01. The number of carbonyl (C=O) groups is 2. The summed E-state index contributed by atoms with van der Waals surface area (Å²) in [6.45, 7) is 5.95. The number of nitrogens with two attached hydrogens (primary N) is 2. The zero-order valence-electron chi connectivity index (χ0n) is 29.6. The average Bonchev–Trinajstić information content (AvgIpc) is 3.02. The van der Waals surface area contributed by atoms with Crippen molar-refractivity contribution in [1.82, 2.24) is 0 Å². The van der Waals surface area contributed by atoms with Crippen molar-refractivity contribution in [2.75, 3.05) is 0 Å². The Hall–Kier alpha value is -3.24. The highest BCUT2D eigenvalue weighted by Gasteiger charge is 2.30. The molecule has 280 valence electrons. The third kappa shape index (κ3) is 11.9. The van der Waals surface area contributed by atoms with Crippen molar-refractivity contribution in [1.29, 1.82) is 0 Å². The van der Waals surface area contributed by atoms with E-state index in [-0.39, 0.29) is 46.7 Å². The molecule has 4 bridgehead atoms. The normalized spacial score (nSPS) is 24.0. The summed E-state index contributed by atoms with van der Waals surface area (Å²) in [5, 5.41) is 45.2. The van der Waals surface area contributed by atoms with Crippen LogP contribution in [-0.4, -0.2) is 37.4 Å². The Morgan fingerprint density at radius 1 is 0.700 bits per heavy atom. The molecule has 8 N–H and O–H groups in total. The number of ether oxygens (including phenoxy) is 2. The molecule has 12 heteroatoms. The fourth-order valence-electron chi connectivity index (χ4n) is 7.58. The van der Waals surface area contributed by atoms with Crippen molar-refractivity contribution in [3.8, 4) is 23.0 Å². The van der Waals surface area contributed by atoms with Gasteiger partial charge in [-0.25, -0.2) is 9.59 Å². The number of benzene rings is 2. The van der Waals surface area contributed by atoms with E-state index < -0.39 is 29.2 Å².